The molecule has 0 saturated heterocycles. The first kappa shape index (κ1) is 27.6. The van der Waals surface area contributed by atoms with E-state index in [0.29, 0.717) is 5.95 Å². The molecule has 0 fully saturated rings. The van der Waals surface area contributed by atoms with Crippen LogP contribution in [0.3, 0.4) is 0 Å². The number of fused-ring (bicyclic) bond motifs is 14. The van der Waals surface area contributed by atoms with E-state index in [4.69, 9.17) is 19.9 Å². The van der Waals surface area contributed by atoms with E-state index < -0.39 is 0 Å². The van der Waals surface area contributed by atoms with E-state index in [2.05, 4.69) is 120 Å². The maximum Gasteiger partial charge on any atom is 0.236 e. The fourth-order valence-corrected chi connectivity index (χ4v) is 9.23. The van der Waals surface area contributed by atoms with E-state index in [-0.39, 0.29) is 10.8 Å². The number of aromatic nitrogens is 8. The SMILES string of the molecule is CC1(C)c2ccccc2-c2ccc3c(c21)c1ncncc1n3-c1ccnc(-n2c3cncnc3c3c4c(ccc32)-c2ccccc2C4(C)C)n1. The molecule has 0 amide bonds. The Morgan fingerprint density at radius 2 is 1.02 bits per heavy atom. The molecule has 5 aromatic heterocycles. The van der Waals surface area contributed by atoms with Gasteiger partial charge in [-0.2, -0.15) is 4.98 Å². The average molecular weight is 647 g/mol. The van der Waals surface area contributed by atoms with Crippen molar-refractivity contribution >= 4 is 43.9 Å². The Balaban J connectivity index is 1.18. The summed E-state index contributed by atoms with van der Waals surface area (Å²) >= 11 is 0. The molecule has 0 N–H and O–H groups in total. The lowest BCUT2D eigenvalue weighted by molar-refractivity contribution is 0.666. The van der Waals surface area contributed by atoms with Crippen LogP contribution in [0, 0.1) is 0 Å². The van der Waals surface area contributed by atoms with Gasteiger partial charge in [0, 0.05) is 27.8 Å². The van der Waals surface area contributed by atoms with E-state index in [9.17, 15) is 0 Å². The molecule has 11 rings (SSSR count). The largest absolute Gasteiger partial charge is 0.290 e. The van der Waals surface area contributed by atoms with Crippen LogP contribution >= 0.6 is 0 Å². The zero-order chi connectivity index (χ0) is 33.5. The molecule has 0 atom stereocenters. The van der Waals surface area contributed by atoms with Gasteiger partial charge in [-0.3, -0.25) is 9.13 Å². The fraction of sp³-hybridized carbons (Fsp3) is 0.143. The summed E-state index contributed by atoms with van der Waals surface area (Å²) in [7, 11) is 0. The third-order valence-electron chi connectivity index (χ3n) is 11.3. The predicted molar refractivity (Wildman–Crippen MR) is 197 cm³/mol. The smallest absolute Gasteiger partial charge is 0.236 e. The van der Waals surface area contributed by atoms with Crippen LogP contribution in [0.2, 0.25) is 0 Å². The van der Waals surface area contributed by atoms with Crippen LogP contribution in [0.1, 0.15) is 49.9 Å². The van der Waals surface area contributed by atoms with Crippen LogP contribution in [0.5, 0.6) is 0 Å². The summed E-state index contributed by atoms with van der Waals surface area (Å²) < 4.78 is 4.28. The van der Waals surface area contributed by atoms with Crippen molar-refractivity contribution in [3.63, 3.8) is 0 Å². The normalized spacial score (nSPS) is 15.1. The van der Waals surface area contributed by atoms with Gasteiger partial charge in [-0.15, -0.1) is 0 Å². The van der Waals surface area contributed by atoms with Gasteiger partial charge < -0.3 is 0 Å². The molecule has 50 heavy (non-hydrogen) atoms. The summed E-state index contributed by atoms with van der Waals surface area (Å²) in [5, 5.41) is 2.24. The van der Waals surface area contributed by atoms with Gasteiger partial charge >= 0.3 is 0 Å². The molecule has 238 valence electrons. The van der Waals surface area contributed by atoms with Crippen molar-refractivity contribution < 1.29 is 0 Å². The summed E-state index contributed by atoms with van der Waals surface area (Å²) in [4.78, 5) is 28.9. The zero-order valence-corrected chi connectivity index (χ0v) is 28.0. The first-order chi connectivity index (χ1) is 24.4. The van der Waals surface area contributed by atoms with Crippen molar-refractivity contribution in [2.24, 2.45) is 0 Å². The minimum atomic E-state index is -0.213. The Morgan fingerprint density at radius 3 is 1.60 bits per heavy atom. The quantitative estimate of drug-likeness (QED) is 0.187. The molecule has 9 aromatic rings. The van der Waals surface area contributed by atoms with E-state index >= 15 is 0 Å². The number of benzene rings is 4. The lowest BCUT2D eigenvalue weighted by Crippen LogP contribution is -2.15. The number of hydrogen-bond acceptors (Lipinski definition) is 6. The molecule has 4 aromatic carbocycles. The minimum absolute atomic E-state index is 0.205. The van der Waals surface area contributed by atoms with E-state index in [1.165, 1.54) is 44.5 Å². The van der Waals surface area contributed by atoms with Crippen molar-refractivity contribution in [1.29, 1.82) is 0 Å². The van der Waals surface area contributed by atoms with Gasteiger partial charge in [0.25, 0.3) is 0 Å². The van der Waals surface area contributed by atoms with Crippen LogP contribution in [-0.2, 0) is 10.8 Å². The lowest BCUT2D eigenvalue weighted by atomic mass is 9.81. The van der Waals surface area contributed by atoms with Gasteiger partial charge in [-0.1, -0.05) is 88.4 Å². The predicted octanol–water partition coefficient (Wildman–Crippen LogP) is 8.86. The molecule has 0 aliphatic heterocycles. The lowest BCUT2D eigenvalue weighted by Gasteiger charge is -2.22. The minimum Gasteiger partial charge on any atom is -0.290 e. The fourth-order valence-electron chi connectivity index (χ4n) is 9.23. The number of nitrogens with zero attached hydrogens (tertiary/aromatic N) is 8. The van der Waals surface area contributed by atoms with Crippen molar-refractivity contribution in [2.45, 2.75) is 38.5 Å². The summed E-state index contributed by atoms with van der Waals surface area (Å²) in [5.41, 5.74) is 15.4. The van der Waals surface area contributed by atoms with Gasteiger partial charge in [0.15, 0.2) is 0 Å². The summed E-state index contributed by atoms with van der Waals surface area (Å²) in [6, 6.07) is 28.3. The van der Waals surface area contributed by atoms with Gasteiger partial charge in [0.05, 0.1) is 34.5 Å². The zero-order valence-electron chi connectivity index (χ0n) is 28.0. The summed E-state index contributed by atoms with van der Waals surface area (Å²) in [5.74, 6) is 1.28. The molecule has 0 spiro atoms. The Bertz CT molecular complexity index is 2750. The highest BCUT2D eigenvalue weighted by Crippen LogP contribution is 2.54. The van der Waals surface area contributed by atoms with E-state index in [1.807, 2.05) is 24.7 Å². The maximum atomic E-state index is 5.30. The first-order valence-electron chi connectivity index (χ1n) is 16.9. The summed E-state index contributed by atoms with van der Waals surface area (Å²) in [6.07, 6.45) is 8.87. The van der Waals surface area contributed by atoms with Crippen molar-refractivity contribution in [2.75, 3.05) is 0 Å². The molecular formula is C42H30N8. The molecular weight excluding hydrogens is 617 g/mol. The van der Waals surface area contributed by atoms with Gasteiger partial charge in [0.1, 0.15) is 29.5 Å². The standard InChI is InChI=1S/C42H30N8/c1-41(2)27-11-7-5-9-23(27)25-13-15-29-34(36(25)41)38-31(19-43-21-46-38)49(29)33-17-18-45-40(48-33)50-30-16-14-26-24-10-6-8-12-28(24)42(3,4)37(26)35(30)39-32(50)20-44-22-47-39/h5-22H,1-4H3. The molecule has 0 bridgehead atoms. The summed E-state index contributed by atoms with van der Waals surface area (Å²) in [6.45, 7) is 9.23. The highest BCUT2D eigenvalue weighted by molar-refractivity contribution is 6.13. The van der Waals surface area contributed by atoms with Crippen molar-refractivity contribution in [3.8, 4) is 34.0 Å². The third-order valence-corrected chi connectivity index (χ3v) is 11.3. The second kappa shape index (κ2) is 9.24. The maximum absolute atomic E-state index is 5.30. The van der Waals surface area contributed by atoms with Gasteiger partial charge in [-0.05, 0) is 62.7 Å². The van der Waals surface area contributed by atoms with Gasteiger partial charge in [0.2, 0.25) is 5.95 Å². The highest BCUT2D eigenvalue weighted by Gasteiger charge is 2.40. The molecule has 5 heterocycles. The Labute approximate surface area is 287 Å². The van der Waals surface area contributed by atoms with Crippen LogP contribution < -0.4 is 0 Å². The molecule has 0 unspecified atom stereocenters. The van der Waals surface area contributed by atoms with E-state index in [1.54, 1.807) is 12.7 Å². The average Bonchev–Trinajstić information content (AvgIpc) is 3.80. The number of hydrogen-bond donors (Lipinski definition) is 0. The monoisotopic (exact) mass is 646 g/mol. The second-order valence-corrected chi connectivity index (χ2v) is 14.5. The molecule has 2 aliphatic rings. The van der Waals surface area contributed by atoms with Crippen LogP contribution in [0.15, 0.2) is 110 Å². The van der Waals surface area contributed by atoms with E-state index in [0.717, 1.165) is 49.7 Å². The number of rotatable bonds is 2. The van der Waals surface area contributed by atoms with Crippen molar-refractivity contribution in [1.82, 2.24) is 39.0 Å². The molecule has 0 radical (unpaired) electrons. The Hall–Kier alpha value is -6.28. The van der Waals surface area contributed by atoms with Gasteiger partial charge in [-0.25, -0.2) is 24.9 Å². The topological polar surface area (TPSA) is 87.2 Å². The van der Waals surface area contributed by atoms with Crippen LogP contribution in [0.25, 0.3) is 77.9 Å². The van der Waals surface area contributed by atoms with Crippen LogP contribution in [-0.4, -0.2) is 39.0 Å². The molecule has 8 heteroatoms. The molecule has 8 nitrogen and oxygen atoms in total. The Kier molecular flexibility index (Phi) is 5.11. The second-order valence-electron chi connectivity index (χ2n) is 14.5. The van der Waals surface area contributed by atoms with Crippen molar-refractivity contribution in [3.05, 3.63) is 132 Å². The highest BCUT2D eigenvalue weighted by atomic mass is 15.2. The third kappa shape index (κ3) is 3.26. The molecule has 2 aliphatic carbocycles. The molecule has 0 saturated carbocycles. The first-order valence-corrected chi connectivity index (χ1v) is 16.9. The van der Waals surface area contributed by atoms with Crippen LogP contribution in [0.4, 0.5) is 0 Å². The Morgan fingerprint density at radius 1 is 0.500 bits per heavy atom.